The number of hydrogen-bond donors (Lipinski definition) is 2. The molecule has 0 bridgehead atoms. The van der Waals surface area contributed by atoms with Crippen molar-refractivity contribution in [3.8, 4) is 0 Å². The van der Waals surface area contributed by atoms with Gasteiger partial charge < -0.3 is 5.32 Å². The molecule has 5 nitrogen and oxygen atoms in total. The number of halogens is 1. The first-order valence-corrected chi connectivity index (χ1v) is 5.98. The predicted molar refractivity (Wildman–Crippen MR) is 66.2 cm³/mol. The molecule has 2 N–H and O–H groups in total. The summed E-state index contributed by atoms with van der Waals surface area (Å²) in [6.45, 7) is 2.94. The van der Waals surface area contributed by atoms with Gasteiger partial charge in [0.2, 0.25) is 11.0 Å². The van der Waals surface area contributed by atoms with Crippen molar-refractivity contribution in [1.29, 1.82) is 0 Å². The molecule has 90 valence electrons. The second-order valence-corrected chi connectivity index (χ2v) is 4.55. The first-order valence-electron chi connectivity index (χ1n) is 5.16. The zero-order chi connectivity index (χ0) is 10.7. The number of aryl methyl sites for hydroxylation is 1. The van der Waals surface area contributed by atoms with E-state index in [-0.39, 0.29) is 24.4 Å². The van der Waals surface area contributed by atoms with Crippen LogP contribution in [0.15, 0.2) is 0 Å². The maximum Gasteiger partial charge on any atom is 0.243 e. The number of nitrogens with one attached hydrogen (secondary N) is 2. The average molecular weight is 263 g/mol. The van der Waals surface area contributed by atoms with Crippen LogP contribution in [-0.4, -0.2) is 28.7 Å². The van der Waals surface area contributed by atoms with Crippen molar-refractivity contribution in [2.75, 3.05) is 11.9 Å². The van der Waals surface area contributed by atoms with Crippen LogP contribution in [0.5, 0.6) is 0 Å². The van der Waals surface area contributed by atoms with Gasteiger partial charge in [-0.05, 0) is 25.8 Å². The molecule has 0 aliphatic carbocycles. The molecule has 1 saturated heterocycles. The number of hydrogen-bond acceptors (Lipinski definition) is 5. The molecule has 1 aromatic rings. The molecule has 0 spiro atoms. The lowest BCUT2D eigenvalue weighted by Gasteiger charge is -2.07. The summed E-state index contributed by atoms with van der Waals surface area (Å²) in [6, 6.07) is -0.0565. The van der Waals surface area contributed by atoms with Gasteiger partial charge in [-0.2, -0.15) is 0 Å². The molecule has 0 radical (unpaired) electrons. The van der Waals surface area contributed by atoms with Gasteiger partial charge in [0.05, 0.1) is 6.04 Å². The van der Waals surface area contributed by atoms with Crippen molar-refractivity contribution in [3.63, 3.8) is 0 Å². The van der Waals surface area contributed by atoms with Gasteiger partial charge in [-0.25, -0.2) is 0 Å². The highest BCUT2D eigenvalue weighted by molar-refractivity contribution is 7.15. The number of rotatable bonds is 3. The molecule has 7 heteroatoms. The molecule has 2 heterocycles. The maximum atomic E-state index is 11.7. The molecular formula is C9H15ClN4OS. The number of nitrogens with zero attached hydrogens (tertiary/aromatic N) is 2. The van der Waals surface area contributed by atoms with E-state index in [4.69, 9.17) is 0 Å². The van der Waals surface area contributed by atoms with Gasteiger partial charge in [0, 0.05) is 0 Å². The quantitative estimate of drug-likeness (QED) is 0.859. The topological polar surface area (TPSA) is 66.9 Å². The largest absolute Gasteiger partial charge is 0.306 e. The molecule has 1 aliphatic rings. The first kappa shape index (κ1) is 13.3. The Kier molecular flexibility index (Phi) is 5.11. The van der Waals surface area contributed by atoms with Gasteiger partial charge in [0.25, 0.3) is 0 Å². The number of aromatic nitrogens is 2. The fraction of sp³-hybridized carbons (Fsp3) is 0.667. The SMILES string of the molecule is CCc1nnc(NC(=O)[C@@H]2CCCN2)s1.Cl. The predicted octanol–water partition coefficient (Wildman–Crippen LogP) is 1.21. The number of anilines is 1. The van der Waals surface area contributed by atoms with E-state index >= 15 is 0 Å². The monoisotopic (exact) mass is 262 g/mol. The summed E-state index contributed by atoms with van der Waals surface area (Å²) in [5, 5.41) is 15.3. The normalized spacial score (nSPS) is 19.2. The van der Waals surface area contributed by atoms with E-state index in [1.165, 1.54) is 11.3 Å². The fourth-order valence-corrected chi connectivity index (χ4v) is 2.23. The lowest BCUT2D eigenvalue weighted by atomic mass is 10.2. The van der Waals surface area contributed by atoms with Crippen LogP contribution in [0.25, 0.3) is 0 Å². The van der Waals surface area contributed by atoms with Crippen LogP contribution >= 0.6 is 23.7 Å². The van der Waals surface area contributed by atoms with E-state index in [0.29, 0.717) is 5.13 Å². The summed E-state index contributed by atoms with van der Waals surface area (Å²) in [5.41, 5.74) is 0. The van der Waals surface area contributed by atoms with E-state index in [1.807, 2.05) is 6.92 Å². The van der Waals surface area contributed by atoms with Crippen LogP contribution in [-0.2, 0) is 11.2 Å². The minimum Gasteiger partial charge on any atom is -0.306 e. The molecule has 0 aromatic carbocycles. The van der Waals surface area contributed by atoms with Crippen molar-refractivity contribution in [1.82, 2.24) is 15.5 Å². The van der Waals surface area contributed by atoms with Crippen LogP contribution in [0.3, 0.4) is 0 Å². The Labute approximate surface area is 104 Å². The van der Waals surface area contributed by atoms with E-state index in [1.54, 1.807) is 0 Å². The lowest BCUT2D eigenvalue weighted by Crippen LogP contribution is -2.35. The number of carbonyl (C=O) groups excluding carboxylic acids is 1. The van der Waals surface area contributed by atoms with E-state index in [2.05, 4.69) is 20.8 Å². The van der Waals surface area contributed by atoms with Crippen molar-refractivity contribution >= 4 is 34.8 Å². The van der Waals surface area contributed by atoms with E-state index in [0.717, 1.165) is 30.8 Å². The van der Waals surface area contributed by atoms with Gasteiger partial charge in [0.1, 0.15) is 5.01 Å². The van der Waals surface area contributed by atoms with Crippen molar-refractivity contribution in [2.45, 2.75) is 32.2 Å². The molecule has 1 amide bonds. The molecule has 1 atom stereocenters. The third-order valence-corrected chi connectivity index (χ3v) is 3.36. The van der Waals surface area contributed by atoms with Crippen LogP contribution in [0.4, 0.5) is 5.13 Å². The Morgan fingerprint density at radius 2 is 2.44 bits per heavy atom. The second kappa shape index (κ2) is 6.12. The van der Waals surface area contributed by atoms with Crippen LogP contribution in [0.1, 0.15) is 24.8 Å². The minimum atomic E-state index is -0.0565. The molecule has 0 unspecified atom stereocenters. The zero-order valence-corrected chi connectivity index (χ0v) is 10.7. The highest BCUT2D eigenvalue weighted by atomic mass is 35.5. The molecule has 0 saturated carbocycles. The summed E-state index contributed by atoms with van der Waals surface area (Å²) in [7, 11) is 0. The third-order valence-electron chi connectivity index (χ3n) is 2.38. The van der Waals surface area contributed by atoms with Crippen LogP contribution < -0.4 is 10.6 Å². The number of amides is 1. The third kappa shape index (κ3) is 3.13. The summed E-state index contributed by atoms with van der Waals surface area (Å²) in [6.07, 6.45) is 2.83. The Hall–Kier alpha value is -0.720. The van der Waals surface area contributed by atoms with Crippen molar-refractivity contribution < 1.29 is 4.79 Å². The Morgan fingerprint density at radius 3 is 3.00 bits per heavy atom. The molecule has 16 heavy (non-hydrogen) atoms. The maximum absolute atomic E-state index is 11.7. The highest BCUT2D eigenvalue weighted by Gasteiger charge is 2.22. The van der Waals surface area contributed by atoms with Crippen LogP contribution in [0.2, 0.25) is 0 Å². The average Bonchev–Trinajstić information content (AvgIpc) is 2.87. The van der Waals surface area contributed by atoms with Gasteiger partial charge in [-0.15, -0.1) is 22.6 Å². The minimum absolute atomic E-state index is 0. The molecule has 1 aliphatic heterocycles. The fourth-order valence-electron chi connectivity index (χ4n) is 1.55. The second-order valence-electron chi connectivity index (χ2n) is 3.49. The number of carbonyl (C=O) groups is 1. The Balaban J connectivity index is 0.00000128. The summed E-state index contributed by atoms with van der Waals surface area (Å²) in [5.74, 6) is 0.00584. The highest BCUT2D eigenvalue weighted by Crippen LogP contribution is 2.16. The van der Waals surface area contributed by atoms with Gasteiger partial charge in [-0.3, -0.25) is 10.1 Å². The first-order chi connectivity index (χ1) is 7.29. The van der Waals surface area contributed by atoms with E-state index < -0.39 is 0 Å². The molecule has 2 rings (SSSR count). The van der Waals surface area contributed by atoms with Gasteiger partial charge >= 0.3 is 0 Å². The van der Waals surface area contributed by atoms with Crippen molar-refractivity contribution in [3.05, 3.63) is 5.01 Å². The van der Waals surface area contributed by atoms with Gasteiger partial charge in [0.15, 0.2) is 0 Å². The Bertz CT molecular complexity index is 351. The zero-order valence-electron chi connectivity index (χ0n) is 9.02. The Morgan fingerprint density at radius 1 is 1.62 bits per heavy atom. The summed E-state index contributed by atoms with van der Waals surface area (Å²) >= 11 is 1.44. The van der Waals surface area contributed by atoms with Crippen molar-refractivity contribution in [2.24, 2.45) is 0 Å². The summed E-state index contributed by atoms with van der Waals surface area (Å²) in [4.78, 5) is 11.7. The standard InChI is InChI=1S/C9H14N4OS.ClH/c1-2-7-12-13-9(15-7)11-8(14)6-4-3-5-10-6;/h6,10H,2-5H2,1H3,(H,11,13,14);1H/t6-;/m0./s1. The van der Waals surface area contributed by atoms with Crippen LogP contribution in [0, 0.1) is 0 Å². The molecule has 1 aromatic heterocycles. The van der Waals surface area contributed by atoms with E-state index in [9.17, 15) is 4.79 Å². The molecular weight excluding hydrogens is 248 g/mol. The van der Waals surface area contributed by atoms with Gasteiger partial charge in [-0.1, -0.05) is 18.3 Å². The lowest BCUT2D eigenvalue weighted by molar-refractivity contribution is -0.117. The smallest absolute Gasteiger partial charge is 0.243 e. The summed E-state index contributed by atoms with van der Waals surface area (Å²) < 4.78 is 0. The molecule has 1 fully saturated rings.